The molecule has 1 heterocycles. The van der Waals surface area contributed by atoms with E-state index in [1.807, 2.05) is 0 Å². The first-order valence-electron chi connectivity index (χ1n) is 5.67. The van der Waals surface area contributed by atoms with Crippen molar-refractivity contribution in [1.29, 1.82) is 0 Å². The van der Waals surface area contributed by atoms with Crippen LogP contribution in [0, 0.1) is 0 Å². The van der Waals surface area contributed by atoms with Gasteiger partial charge in [0.1, 0.15) is 0 Å². The zero-order valence-corrected chi connectivity index (χ0v) is 14.0. The van der Waals surface area contributed by atoms with Crippen molar-refractivity contribution in [2.75, 3.05) is 13.1 Å². The largest absolute Gasteiger partial charge is 0.315 e. The summed E-state index contributed by atoms with van der Waals surface area (Å²) in [6.45, 7) is 1.62. The van der Waals surface area contributed by atoms with Gasteiger partial charge in [-0.15, -0.1) is 12.4 Å². The van der Waals surface area contributed by atoms with Crippen molar-refractivity contribution in [2.45, 2.75) is 23.8 Å². The lowest BCUT2D eigenvalue weighted by molar-refractivity contribution is 0.428. The standard InChI is InChI=1S/C11H14BrClN2O2S.ClH/c12-10-4-3-9(6-11(10)13)18(16,17)15-8-2-1-5-14-7-8;/h3-4,6,8,14-15H,1-2,5,7H2;1H. The van der Waals surface area contributed by atoms with E-state index in [1.165, 1.54) is 12.1 Å². The minimum Gasteiger partial charge on any atom is -0.315 e. The fraction of sp³-hybridized carbons (Fsp3) is 0.455. The van der Waals surface area contributed by atoms with Crippen LogP contribution in [0.5, 0.6) is 0 Å². The molecule has 2 rings (SSSR count). The van der Waals surface area contributed by atoms with Crippen LogP contribution in [0.2, 0.25) is 5.02 Å². The van der Waals surface area contributed by atoms with Crippen molar-refractivity contribution in [3.8, 4) is 0 Å². The normalized spacial score (nSPS) is 19.8. The van der Waals surface area contributed by atoms with Crippen LogP contribution < -0.4 is 10.0 Å². The number of halogens is 3. The molecule has 1 unspecified atom stereocenters. The van der Waals surface area contributed by atoms with E-state index in [2.05, 4.69) is 26.0 Å². The van der Waals surface area contributed by atoms with Gasteiger partial charge in [-0.1, -0.05) is 11.6 Å². The summed E-state index contributed by atoms with van der Waals surface area (Å²) < 4.78 is 27.7. The Labute approximate surface area is 132 Å². The molecule has 0 amide bonds. The third-order valence-electron chi connectivity index (χ3n) is 2.82. The average Bonchev–Trinajstić information content (AvgIpc) is 2.33. The molecule has 1 saturated heterocycles. The minimum absolute atomic E-state index is 0. The molecule has 19 heavy (non-hydrogen) atoms. The van der Waals surface area contributed by atoms with Crippen molar-refractivity contribution in [3.63, 3.8) is 0 Å². The summed E-state index contributed by atoms with van der Waals surface area (Å²) in [6.07, 6.45) is 1.84. The summed E-state index contributed by atoms with van der Waals surface area (Å²) in [5.74, 6) is 0. The maximum atomic E-state index is 12.2. The highest BCUT2D eigenvalue weighted by Gasteiger charge is 2.22. The van der Waals surface area contributed by atoms with Crippen LogP contribution in [-0.4, -0.2) is 27.5 Å². The van der Waals surface area contributed by atoms with Gasteiger partial charge in [-0.25, -0.2) is 13.1 Å². The van der Waals surface area contributed by atoms with Gasteiger partial charge in [0.25, 0.3) is 0 Å². The molecule has 1 aliphatic heterocycles. The zero-order valence-electron chi connectivity index (χ0n) is 10.0. The van der Waals surface area contributed by atoms with Gasteiger partial charge in [-0.05, 0) is 53.5 Å². The number of hydrogen-bond donors (Lipinski definition) is 2. The predicted molar refractivity (Wildman–Crippen MR) is 82.6 cm³/mol. The fourth-order valence-corrected chi connectivity index (χ4v) is 3.67. The lowest BCUT2D eigenvalue weighted by Gasteiger charge is -2.23. The summed E-state index contributed by atoms with van der Waals surface area (Å²) >= 11 is 9.15. The first kappa shape index (κ1) is 17.2. The van der Waals surface area contributed by atoms with E-state index in [1.54, 1.807) is 6.07 Å². The molecule has 4 nitrogen and oxygen atoms in total. The molecule has 108 valence electrons. The summed E-state index contributed by atoms with van der Waals surface area (Å²) in [5, 5.41) is 3.56. The summed E-state index contributed by atoms with van der Waals surface area (Å²) in [7, 11) is -3.49. The molecule has 0 spiro atoms. The van der Waals surface area contributed by atoms with Crippen LogP contribution in [0.25, 0.3) is 0 Å². The Morgan fingerprint density at radius 3 is 2.74 bits per heavy atom. The third-order valence-corrected chi connectivity index (χ3v) is 5.57. The molecule has 1 aromatic rings. The van der Waals surface area contributed by atoms with E-state index in [0.29, 0.717) is 16.0 Å². The molecule has 1 fully saturated rings. The predicted octanol–water partition coefficient (Wildman–Crippen LogP) is 2.55. The second-order valence-electron chi connectivity index (χ2n) is 4.24. The van der Waals surface area contributed by atoms with Crippen molar-refractivity contribution >= 4 is 50.0 Å². The highest BCUT2D eigenvalue weighted by atomic mass is 79.9. The fourth-order valence-electron chi connectivity index (χ4n) is 1.88. The summed E-state index contributed by atoms with van der Waals surface area (Å²) in [4.78, 5) is 0.196. The Morgan fingerprint density at radius 2 is 2.16 bits per heavy atom. The van der Waals surface area contributed by atoms with Gasteiger partial charge in [0.15, 0.2) is 0 Å². The number of benzene rings is 1. The van der Waals surface area contributed by atoms with Crippen molar-refractivity contribution in [3.05, 3.63) is 27.7 Å². The van der Waals surface area contributed by atoms with Crippen LogP contribution >= 0.6 is 39.9 Å². The molecule has 8 heteroatoms. The second-order valence-corrected chi connectivity index (χ2v) is 7.22. The molecule has 0 aliphatic carbocycles. The van der Waals surface area contributed by atoms with E-state index in [4.69, 9.17) is 11.6 Å². The lowest BCUT2D eigenvalue weighted by Crippen LogP contribution is -2.45. The maximum absolute atomic E-state index is 12.2. The molecule has 0 radical (unpaired) electrons. The number of piperidine rings is 1. The maximum Gasteiger partial charge on any atom is 0.240 e. The SMILES string of the molecule is Cl.O=S(=O)(NC1CCCNC1)c1ccc(Br)c(Cl)c1. The topological polar surface area (TPSA) is 58.2 Å². The Kier molecular flexibility index (Phi) is 6.56. The summed E-state index contributed by atoms with van der Waals surface area (Å²) in [6, 6.07) is 4.57. The monoisotopic (exact) mass is 388 g/mol. The van der Waals surface area contributed by atoms with Gasteiger partial charge in [-0.2, -0.15) is 0 Å². The Morgan fingerprint density at radius 1 is 1.42 bits per heavy atom. The molecule has 1 aliphatic rings. The van der Waals surface area contributed by atoms with Crippen molar-refractivity contribution in [1.82, 2.24) is 10.0 Å². The first-order valence-corrected chi connectivity index (χ1v) is 8.32. The minimum atomic E-state index is -3.49. The zero-order chi connectivity index (χ0) is 13.2. The molecular formula is C11H15BrCl2N2O2S. The van der Waals surface area contributed by atoms with E-state index in [-0.39, 0.29) is 23.3 Å². The summed E-state index contributed by atoms with van der Waals surface area (Å²) in [5.41, 5.74) is 0. The number of rotatable bonds is 3. The number of hydrogen-bond acceptors (Lipinski definition) is 3. The molecule has 0 bridgehead atoms. The molecule has 0 aromatic heterocycles. The van der Waals surface area contributed by atoms with E-state index in [0.717, 1.165) is 19.4 Å². The van der Waals surface area contributed by atoms with Crippen LogP contribution in [0.15, 0.2) is 27.6 Å². The highest BCUT2D eigenvalue weighted by Crippen LogP contribution is 2.25. The van der Waals surface area contributed by atoms with Gasteiger partial charge in [0.05, 0.1) is 9.92 Å². The molecular weight excluding hydrogens is 375 g/mol. The van der Waals surface area contributed by atoms with Crippen molar-refractivity contribution < 1.29 is 8.42 Å². The van der Waals surface area contributed by atoms with Gasteiger partial charge in [0.2, 0.25) is 10.0 Å². The average molecular weight is 390 g/mol. The van der Waals surface area contributed by atoms with Crippen molar-refractivity contribution in [2.24, 2.45) is 0 Å². The Hall–Kier alpha value is 0.150. The van der Waals surface area contributed by atoms with Crippen LogP contribution in [0.4, 0.5) is 0 Å². The van der Waals surface area contributed by atoms with E-state index in [9.17, 15) is 8.42 Å². The number of sulfonamides is 1. The van der Waals surface area contributed by atoms with Crippen LogP contribution in [-0.2, 0) is 10.0 Å². The molecule has 1 atom stereocenters. The highest BCUT2D eigenvalue weighted by molar-refractivity contribution is 9.10. The van der Waals surface area contributed by atoms with E-state index >= 15 is 0 Å². The van der Waals surface area contributed by atoms with Gasteiger partial charge < -0.3 is 5.32 Å². The Bertz CT molecular complexity index is 533. The second kappa shape index (κ2) is 7.24. The smallest absolute Gasteiger partial charge is 0.240 e. The van der Waals surface area contributed by atoms with Gasteiger partial charge >= 0.3 is 0 Å². The molecule has 1 aromatic carbocycles. The third kappa shape index (κ3) is 4.58. The lowest BCUT2D eigenvalue weighted by atomic mass is 10.1. The van der Waals surface area contributed by atoms with Crippen LogP contribution in [0.3, 0.4) is 0 Å². The van der Waals surface area contributed by atoms with Gasteiger partial charge in [0, 0.05) is 17.1 Å². The molecule has 0 saturated carbocycles. The van der Waals surface area contributed by atoms with Gasteiger partial charge in [-0.3, -0.25) is 0 Å². The quantitative estimate of drug-likeness (QED) is 0.835. The molecule has 2 N–H and O–H groups in total. The Balaban J connectivity index is 0.00000180. The van der Waals surface area contributed by atoms with E-state index < -0.39 is 10.0 Å². The first-order chi connectivity index (χ1) is 8.49. The van der Waals surface area contributed by atoms with Crippen LogP contribution in [0.1, 0.15) is 12.8 Å². The number of nitrogens with one attached hydrogen (secondary N) is 2.